The molecule has 1 aromatic heterocycles. The molecule has 14 nitrogen and oxygen atoms in total. The number of benzene rings is 2. The standard InChI is InChI=1S/C33H40N6O8Si/c1-21-29(48(2,3)44)28(10-12-36-20-23(11-15-40)34-35-36)47-33(21)26-18-25(38-14-17-46-32(38)43)8-9-27(26)39(30(33)41)19-22-4-6-24(7-5-22)37-13-16-45-31(37)42/h4-9,18,20-21,28-29,40,44H,10-17,19H2,1-3H3/t21-,28+,29-,33+/m1/s1. The van der Waals surface area contributed by atoms with Crippen LogP contribution in [0.15, 0.2) is 48.7 Å². The zero-order valence-electron chi connectivity index (χ0n) is 27.2. The SMILES string of the molecule is C[C@@H]1[C@@H]([Si](C)(C)O)[C@H](CCn2cc(CCO)nn2)O[C@@]12C(=O)N(Cc1ccc(N3CCOC3=O)cc1)c1ccc(N3CCOC3=O)cc12. The van der Waals surface area contributed by atoms with Crippen molar-refractivity contribution in [3.8, 4) is 0 Å². The molecule has 254 valence electrons. The molecule has 4 atom stereocenters. The summed E-state index contributed by atoms with van der Waals surface area (Å²) in [5, 5.41) is 17.6. The molecule has 5 heterocycles. The summed E-state index contributed by atoms with van der Waals surface area (Å²) in [4.78, 5) is 56.1. The number of carbonyl (C=O) groups is 3. The van der Waals surface area contributed by atoms with Gasteiger partial charge in [-0.2, -0.15) is 0 Å². The summed E-state index contributed by atoms with van der Waals surface area (Å²) in [6, 6.07) is 13.0. The molecule has 2 aromatic carbocycles. The number of aliphatic hydroxyl groups is 1. The number of hydrogen-bond acceptors (Lipinski definition) is 10. The summed E-state index contributed by atoms with van der Waals surface area (Å²) >= 11 is 0. The molecule has 4 aliphatic heterocycles. The predicted molar refractivity (Wildman–Crippen MR) is 176 cm³/mol. The van der Waals surface area contributed by atoms with Crippen molar-refractivity contribution >= 4 is 43.5 Å². The van der Waals surface area contributed by atoms with Gasteiger partial charge in [0.1, 0.15) is 13.2 Å². The number of hydrogen-bond donors (Lipinski definition) is 2. The summed E-state index contributed by atoms with van der Waals surface area (Å²) in [5.74, 6) is -0.620. The first-order chi connectivity index (χ1) is 23.0. The first kappa shape index (κ1) is 32.2. The van der Waals surface area contributed by atoms with Crippen molar-refractivity contribution in [1.82, 2.24) is 15.0 Å². The fourth-order valence-corrected chi connectivity index (χ4v) is 10.4. The molecular formula is C33H40N6O8Si. The molecule has 0 radical (unpaired) electrons. The molecule has 15 heteroatoms. The van der Waals surface area contributed by atoms with Gasteiger partial charge in [0.15, 0.2) is 13.9 Å². The third-order valence-corrected chi connectivity index (χ3v) is 12.5. The molecule has 3 saturated heterocycles. The van der Waals surface area contributed by atoms with E-state index in [1.807, 2.05) is 62.5 Å². The zero-order chi connectivity index (χ0) is 33.8. The molecule has 0 bridgehead atoms. The summed E-state index contributed by atoms with van der Waals surface area (Å²) in [5.41, 5.74) is 2.51. The maximum absolute atomic E-state index is 14.9. The van der Waals surface area contributed by atoms with E-state index < -0.39 is 32.0 Å². The Hall–Kier alpha value is -4.31. The van der Waals surface area contributed by atoms with E-state index in [2.05, 4.69) is 10.3 Å². The smallest absolute Gasteiger partial charge is 0.414 e. The van der Waals surface area contributed by atoms with Gasteiger partial charge in [-0.1, -0.05) is 24.3 Å². The van der Waals surface area contributed by atoms with E-state index in [-0.39, 0.29) is 37.3 Å². The summed E-state index contributed by atoms with van der Waals surface area (Å²) in [7, 11) is -2.91. The van der Waals surface area contributed by atoms with Crippen molar-refractivity contribution in [2.45, 2.75) is 63.2 Å². The molecule has 0 saturated carbocycles. The van der Waals surface area contributed by atoms with Crippen molar-refractivity contribution in [3.63, 3.8) is 0 Å². The van der Waals surface area contributed by atoms with Gasteiger partial charge in [-0.3, -0.25) is 19.3 Å². The lowest BCUT2D eigenvalue weighted by atomic mass is 9.82. The average Bonchev–Trinajstić information content (AvgIpc) is 3.88. The Morgan fingerprint density at radius 2 is 1.65 bits per heavy atom. The third-order valence-electron chi connectivity index (χ3n) is 9.99. The number of anilines is 3. The topological polar surface area (TPSA) is 160 Å². The van der Waals surface area contributed by atoms with Crippen LogP contribution in [-0.2, 0) is 44.1 Å². The van der Waals surface area contributed by atoms with Crippen LogP contribution in [0.5, 0.6) is 0 Å². The highest BCUT2D eigenvalue weighted by atomic mass is 28.4. The van der Waals surface area contributed by atoms with Crippen LogP contribution in [0.2, 0.25) is 18.6 Å². The number of fused-ring (bicyclic) bond motifs is 2. The number of aliphatic hydroxyl groups excluding tert-OH is 1. The predicted octanol–water partition coefficient (Wildman–Crippen LogP) is 3.16. The largest absolute Gasteiger partial charge is 0.447 e. The summed E-state index contributed by atoms with van der Waals surface area (Å²) in [6.07, 6.45) is 1.39. The van der Waals surface area contributed by atoms with Crippen molar-refractivity contribution in [2.24, 2.45) is 5.92 Å². The molecular weight excluding hydrogens is 636 g/mol. The zero-order valence-corrected chi connectivity index (χ0v) is 28.2. The van der Waals surface area contributed by atoms with E-state index in [1.54, 1.807) is 25.6 Å². The number of carbonyl (C=O) groups excluding carboxylic acids is 3. The summed E-state index contributed by atoms with van der Waals surface area (Å²) < 4.78 is 19.0. The molecule has 0 unspecified atom stereocenters. The molecule has 7 rings (SSSR count). The van der Waals surface area contributed by atoms with Gasteiger partial charge in [0, 0.05) is 54.2 Å². The minimum Gasteiger partial charge on any atom is -0.447 e. The maximum atomic E-state index is 14.9. The van der Waals surface area contributed by atoms with Gasteiger partial charge in [0.05, 0.1) is 37.1 Å². The van der Waals surface area contributed by atoms with Crippen LogP contribution in [0.25, 0.3) is 0 Å². The van der Waals surface area contributed by atoms with Crippen LogP contribution in [0.4, 0.5) is 26.7 Å². The Labute approximate surface area is 278 Å². The number of nitrogens with zero attached hydrogens (tertiary/aromatic N) is 6. The van der Waals surface area contributed by atoms with Gasteiger partial charge in [0.2, 0.25) is 0 Å². The van der Waals surface area contributed by atoms with Crippen LogP contribution in [-0.4, -0.2) is 90.3 Å². The van der Waals surface area contributed by atoms with Crippen LogP contribution in [0.1, 0.15) is 30.2 Å². The van der Waals surface area contributed by atoms with E-state index in [4.69, 9.17) is 14.2 Å². The normalized spacial score (nSPS) is 25.4. The van der Waals surface area contributed by atoms with Gasteiger partial charge >= 0.3 is 12.2 Å². The van der Waals surface area contributed by atoms with Gasteiger partial charge in [-0.15, -0.1) is 5.10 Å². The fraction of sp³-hybridized carbons (Fsp3) is 0.485. The molecule has 4 aliphatic rings. The minimum absolute atomic E-state index is 0.0246. The van der Waals surface area contributed by atoms with Crippen LogP contribution >= 0.6 is 0 Å². The third kappa shape index (κ3) is 5.43. The van der Waals surface area contributed by atoms with Crippen LogP contribution in [0, 0.1) is 5.92 Å². The second kappa shape index (κ2) is 12.3. The monoisotopic (exact) mass is 676 g/mol. The number of amides is 3. The number of rotatable bonds is 10. The second-order valence-electron chi connectivity index (χ2n) is 13.4. The Bertz CT molecular complexity index is 1730. The van der Waals surface area contributed by atoms with E-state index in [0.29, 0.717) is 61.7 Å². The first-order valence-corrected chi connectivity index (χ1v) is 19.4. The van der Waals surface area contributed by atoms with Crippen molar-refractivity contribution in [2.75, 3.05) is 47.6 Å². The number of ether oxygens (including phenoxy) is 3. The molecule has 2 N–H and O–H groups in total. The number of aryl methyl sites for hydroxylation is 1. The van der Waals surface area contributed by atoms with Gasteiger partial charge in [-0.05, 0) is 55.4 Å². The molecule has 1 spiro atoms. The number of aromatic nitrogens is 3. The molecule has 3 aromatic rings. The second-order valence-corrected chi connectivity index (χ2v) is 17.4. The van der Waals surface area contributed by atoms with Gasteiger partial charge < -0.3 is 29.0 Å². The molecule has 0 aliphatic carbocycles. The Morgan fingerprint density at radius 3 is 2.27 bits per heavy atom. The Balaban J connectivity index is 1.24. The first-order valence-electron chi connectivity index (χ1n) is 16.4. The van der Waals surface area contributed by atoms with E-state index >= 15 is 0 Å². The molecule has 3 fully saturated rings. The van der Waals surface area contributed by atoms with E-state index in [0.717, 1.165) is 11.3 Å². The quantitative estimate of drug-likeness (QED) is 0.306. The summed E-state index contributed by atoms with van der Waals surface area (Å²) in [6.45, 7) is 7.92. The minimum atomic E-state index is -2.91. The van der Waals surface area contributed by atoms with Gasteiger partial charge in [0.25, 0.3) is 5.91 Å². The van der Waals surface area contributed by atoms with Crippen molar-refractivity contribution < 1.29 is 38.5 Å². The number of cyclic esters (lactones) is 2. The maximum Gasteiger partial charge on any atom is 0.414 e. The Morgan fingerprint density at radius 1 is 0.979 bits per heavy atom. The van der Waals surface area contributed by atoms with Crippen LogP contribution in [0.3, 0.4) is 0 Å². The van der Waals surface area contributed by atoms with Gasteiger partial charge in [-0.25, -0.2) is 9.59 Å². The van der Waals surface area contributed by atoms with E-state index in [1.165, 1.54) is 0 Å². The highest BCUT2D eigenvalue weighted by Crippen LogP contribution is 2.60. The van der Waals surface area contributed by atoms with Crippen molar-refractivity contribution in [3.05, 3.63) is 65.5 Å². The Kier molecular flexibility index (Phi) is 8.26. The highest BCUT2D eigenvalue weighted by Gasteiger charge is 2.66. The molecule has 3 amide bonds. The highest BCUT2D eigenvalue weighted by molar-refractivity contribution is 6.71. The fourth-order valence-electron chi connectivity index (χ4n) is 7.82. The lowest BCUT2D eigenvalue weighted by molar-refractivity contribution is -0.146. The van der Waals surface area contributed by atoms with Crippen LogP contribution < -0.4 is 14.7 Å². The average molecular weight is 677 g/mol. The van der Waals surface area contributed by atoms with Crippen molar-refractivity contribution in [1.29, 1.82) is 0 Å². The van der Waals surface area contributed by atoms with E-state index in [9.17, 15) is 24.3 Å². The lowest BCUT2D eigenvalue weighted by Crippen LogP contribution is -2.46. The molecule has 48 heavy (non-hydrogen) atoms. The lowest BCUT2D eigenvalue weighted by Gasteiger charge is -2.32.